The van der Waals surface area contributed by atoms with Gasteiger partial charge in [0.05, 0.1) is 0 Å². The van der Waals surface area contributed by atoms with Crippen molar-refractivity contribution < 1.29 is 4.79 Å². The number of nitrogens with one attached hydrogen (secondary N) is 1. The molecule has 3 nitrogen and oxygen atoms in total. The smallest absolute Gasteiger partial charge is 0.223 e. The molecular weight excluding hydrogens is 340 g/mol. The summed E-state index contributed by atoms with van der Waals surface area (Å²) >= 11 is 1.74. The molecule has 2 aliphatic heterocycles. The molecule has 2 aliphatic rings. The highest BCUT2D eigenvalue weighted by atomic mass is 32.2. The summed E-state index contributed by atoms with van der Waals surface area (Å²) in [6.07, 6.45) is 6.93. The normalized spacial score (nSPS) is 23.7. The predicted octanol–water partition coefficient (Wildman–Crippen LogP) is 4.44. The fourth-order valence-electron chi connectivity index (χ4n) is 4.25. The molecule has 1 fully saturated rings. The first-order valence-corrected chi connectivity index (χ1v) is 10.2. The number of amides is 1. The van der Waals surface area contributed by atoms with Crippen molar-refractivity contribution in [3.63, 3.8) is 0 Å². The Morgan fingerprint density at radius 1 is 1.12 bits per heavy atom. The van der Waals surface area contributed by atoms with E-state index in [1.807, 2.05) is 0 Å². The largest absolute Gasteiger partial charge is 0.344 e. The summed E-state index contributed by atoms with van der Waals surface area (Å²) in [7, 11) is 0. The van der Waals surface area contributed by atoms with E-state index in [1.54, 1.807) is 11.8 Å². The predicted molar refractivity (Wildman–Crippen MR) is 110 cm³/mol. The molecule has 0 aromatic heterocycles. The second-order valence-electron chi connectivity index (χ2n) is 7.46. The first-order chi connectivity index (χ1) is 12.5. The number of carbonyl (C=O) groups is 1. The van der Waals surface area contributed by atoms with Gasteiger partial charge in [-0.2, -0.15) is 0 Å². The first-order valence-electron chi connectivity index (χ1n) is 8.99. The van der Waals surface area contributed by atoms with Gasteiger partial charge in [-0.05, 0) is 41.7 Å². The number of rotatable bonds is 3. The van der Waals surface area contributed by atoms with E-state index in [4.69, 9.17) is 0 Å². The van der Waals surface area contributed by atoms with Gasteiger partial charge in [0, 0.05) is 29.0 Å². The minimum absolute atomic E-state index is 0.115. The summed E-state index contributed by atoms with van der Waals surface area (Å²) in [6, 6.07) is 17.0. The van der Waals surface area contributed by atoms with E-state index in [9.17, 15) is 4.79 Å². The van der Waals surface area contributed by atoms with Gasteiger partial charge >= 0.3 is 0 Å². The molecule has 2 heterocycles. The highest BCUT2D eigenvalue weighted by Crippen LogP contribution is 2.52. The monoisotopic (exact) mass is 364 g/mol. The van der Waals surface area contributed by atoms with Gasteiger partial charge < -0.3 is 10.2 Å². The molecule has 0 unspecified atom stereocenters. The van der Waals surface area contributed by atoms with Crippen LogP contribution >= 0.6 is 11.8 Å². The zero-order valence-corrected chi connectivity index (χ0v) is 16.3. The molecule has 26 heavy (non-hydrogen) atoms. The van der Waals surface area contributed by atoms with Gasteiger partial charge in [-0.1, -0.05) is 50.3 Å². The lowest BCUT2D eigenvalue weighted by Crippen LogP contribution is -2.68. The third-order valence-corrected chi connectivity index (χ3v) is 6.52. The van der Waals surface area contributed by atoms with E-state index in [2.05, 4.69) is 91.0 Å². The molecule has 1 N–H and O–H groups in total. The van der Waals surface area contributed by atoms with Crippen LogP contribution in [0.25, 0.3) is 6.08 Å². The first kappa shape index (κ1) is 17.2. The summed E-state index contributed by atoms with van der Waals surface area (Å²) in [5, 5.41) is 3.32. The van der Waals surface area contributed by atoms with E-state index in [0.717, 1.165) is 12.1 Å². The lowest BCUT2D eigenvalue weighted by Gasteiger charge is -2.49. The Morgan fingerprint density at radius 3 is 2.58 bits per heavy atom. The average molecular weight is 365 g/mol. The molecule has 1 saturated heterocycles. The molecular formula is C22H24N2OS. The van der Waals surface area contributed by atoms with Gasteiger partial charge in [-0.3, -0.25) is 4.79 Å². The number of thioether (sulfide) groups is 1. The summed E-state index contributed by atoms with van der Waals surface area (Å²) in [4.78, 5) is 16.0. The van der Waals surface area contributed by atoms with Crippen molar-refractivity contribution in [2.45, 2.75) is 36.2 Å². The third kappa shape index (κ3) is 2.47. The maximum Gasteiger partial charge on any atom is 0.223 e. The number of benzene rings is 2. The second kappa shape index (κ2) is 6.20. The second-order valence-corrected chi connectivity index (χ2v) is 8.34. The average Bonchev–Trinajstić information content (AvgIpc) is 2.85. The zero-order chi connectivity index (χ0) is 18.4. The van der Waals surface area contributed by atoms with Crippen LogP contribution in [0.15, 0.2) is 59.5 Å². The molecule has 1 atom stereocenters. The van der Waals surface area contributed by atoms with Crippen LogP contribution < -0.4 is 10.2 Å². The Labute approximate surface area is 159 Å². The van der Waals surface area contributed by atoms with Gasteiger partial charge in [-0.25, -0.2) is 0 Å². The van der Waals surface area contributed by atoms with E-state index < -0.39 is 5.66 Å². The fourth-order valence-corrected chi connectivity index (χ4v) is 4.66. The van der Waals surface area contributed by atoms with Gasteiger partial charge in [0.15, 0.2) is 0 Å². The van der Waals surface area contributed by atoms with Crippen molar-refractivity contribution in [3.8, 4) is 0 Å². The minimum Gasteiger partial charge on any atom is -0.344 e. The van der Waals surface area contributed by atoms with Crippen molar-refractivity contribution in [2.75, 3.05) is 17.7 Å². The molecule has 0 radical (unpaired) electrons. The maximum atomic E-state index is 12.4. The molecule has 4 heteroatoms. The number of fused-ring (bicyclic) bond motifs is 3. The standard InChI is InChI=1S/C22H24N2OS/c1-21(2)18-6-4-5-7-19(18)24-15-13-20(25)23-22(21,24)14-12-16-8-10-17(26-3)11-9-16/h4-12,14H,13,15H2,1-3H3,(H,23,25)/b14-12+/t22-/m1/s1. The van der Waals surface area contributed by atoms with Crippen molar-refractivity contribution in [3.05, 3.63) is 65.7 Å². The summed E-state index contributed by atoms with van der Waals surface area (Å²) in [6.45, 7) is 5.18. The third-order valence-electron chi connectivity index (χ3n) is 5.77. The van der Waals surface area contributed by atoms with Gasteiger partial charge in [0.1, 0.15) is 5.66 Å². The van der Waals surface area contributed by atoms with Crippen LogP contribution in [0, 0.1) is 0 Å². The number of anilines is 1. The van der Waals surface area contributed by atoms with Crippen LogP contribution in [-0.2, 0) is 10.2 Å². The quantitative estimate of drug-likeness (QED) is 0.818. The van der Waals surface area contributed by atoms with Crippen LogP contribution in [0.4, 0.5) is 5.69 Å². The van der Waals surface area contributed by atoms with Crippen LogP contribution in [0.1, 0.15) is 31.4 Å². The lowest BCUT2D eigenvalue weighted by molar-refractivity contribution is -0.124. The molecule has 4 rings (SSSR count). The lowest BCUT2D eigenvalue weighted by atomic mass is 9.74. The molecule has 2 aromatic rings. The Kier molecular flexibility index (Phi) is 4.11. The molecule has 1 amide bonds. The number of carbonyl (C=O) groups excluding carboxylic acids is 1. The zero-order valence-electron chi connectivity index (χ0n) is 15.5. The van der Waals surface area contributed by atoms with Gasteiger partial charge in [0.25, 0.3) is 0 Å². The molecule has 2 aromatic carbocycles. The number of nitrogens with zero attached hydrogens (tertiary/aromatic N) is 1. The SMILES string of the molecule is CSc1ccc(/C=C/[C@@]23NC(=O)CCN2c2ccccc2C3(C)C)cc1. The van der Waals surface area contributed by atoms with E-state index >= 15 is 0 Å². The molecule has 0 spiro atoms. The van der Waals surface area contributed by atoms with Crippen molar-refractivity contribution >= 4 is 29.4 Å². The van der Waals surface area contributed by atoms with E-state index in [0.29, 0.717) is 6.42 Å². The molecule has 0 saturated carbocycles. The number of para-hydroxylation sites is 1. The highest BCUT2D eigenvalue weighted by Gasteiger charge is 2.57. The summed E-state index contributed by atoms with van der Waals surface area (Å²) < 4.78 is 0. The van der Waals surface area contributed by atoms with Crippen LogP contribution in [0.3, 0.4) is 0 Å². The number of hydrogen-bond donors (Lipinski definition) is 1. The topological polar surface area (TPSA) is 32.3 Å². The molecule has 134 valence electrons. The highest BCUT2D eigenvalue weighted by molar-refractivity contribution is 7.98. The Balaban J connectivity index is 1.79. The van der Waals surface area contributed by atoms with E-state index in [1.165, 1.54) is 16.1 Å². The van der Waals surface area contributed by atoms with Crippen LogP contribution in [-0.4, -0.2) is 24.4 Å². The molecule has 0 bridgehead atoms. The van der Waals surface area contributed by atoms with Crippen LogP contribution in [0.5, 0.6) is 0 Å². The molecule has 0 aliphatic carbocycles. The van der Waals surface area contributed by atoms with E-state index in [-0.39, 0.29) is 11.3 Å². The van der Waals surface area contributed by atoms with Crippen molar-refractivity contribution in [2.24, 2.45) is 0 Å². The number of hydrogen-bond acceptors (Lipinski definition) is 3. The Hall–Kier alpha value is -2.20. The van der Waals surface area contributed by atoms with Crippen molar-refractivity contribution in [1.29, 1.82) is 0 Å². The van der Waals surface area contributed by atoms with Gasteiger partial charge in [-0.15, -0.1) is 11.8 Å². The van der Waals surface area contributed by atoms with Gasteiger partial charge in [0.2, 0.25) is 5.91 Å². The summed E-state index contributed by atoms with van der Waals surface area (Å²) in [5.74, 6) is 0.115. The van der Waals surface area contributed by atoms with Crippen LogP contribution in [0.2, 0.25) is 0 Å². The maximum absolute atomic E-state index is 12.4. The summed E-state index contributed by atoms with van der Waals surface area (Å²) in [5.41, 5.74) is 2.88. The fraction of sp³-hybridized carbons (Fsp3) is 0.318. The Morgan fingerprint density at radius 2 is 1.85 bits per heavy atom. The minimum atomic E-state index is -0.538. The Bertz CT molecular complexity index is 872. The van der Waals surface area contributed by atoms with Crippen molar-refractivity contribution in [1.82, 2.24) is 5.32 Å².